The summed E-state index contributed by atoms with van der Waals surface area (Å²) in [5, 5.41) is 9.42. The number of aromatic hydroxyl groups is 1. The summed E-state index contributed by atoms with van der Waals surface area (Å²) in [4.78, 5) is 13.8. The molecule has 0 heterocycles. The molecule has 0 aliphatic heterocycles. The zero-order valence-corrected chi connectivity index (χ0v) is 10.8. The second-order valence-electron chi connectivity index (χ2n) is 4.09. The molecule has 0 saturated heterocycles. The minimum atomic E-state index is -0.208. The molecule has 0 fully saturated rings. The van der Waals surface area contributed by atoms with Gasteiger partial charge in [-0.25, -0.2) is 0 Å². The lowest BCUT2D eigenvalue weighted by atomic mass is 10.1. The zero-order valence-electron chi connectivity index (χ0n) is 10.8. The topological polar surface area (TPSA) is 49.8 Å². The summed E-state index contributed by atoms with van der Waals surface area (Å²) < 4.78 is 5.23. The van der Waals surface area contributed by atoms with Crippen molar-refractivity contribution in [2.75, 3.05) is 19.1 Å². The smallest absolute Gasteiger partial charge is 0.258 e. The van der Waals surface area contributed by atoms with Crippen molar-refractivity contribution >= 4 is 11.6 Å². The lowest BCUT2D eigenvalue weighted by Gasteiger charge is -2.20. The van der Waals surface area contributed by atoms with Gasteiger partial charge in [-0.2, -0.15) is 0 Å². The van der Waals surface area contributed by atoms with Crippen LogP contribution in [0.2, 0.25) is 0 Å². The summed E-state index contributed by atoms with van der Waals surface area (Å²) in [5.41, 5.74) is 1.10. The van der Waals surface area contributed by atoms with Crippen LogP contribution >= 0.6 is 0 Å². The zero-order chi connectivity index (χ0) is 13.8. The Balaban J connectivity index is 2.33. The predicted octanol–water partition coefficient (Wildman–Crippen LogP) is 2.68. The summed E-state index contributed by atoms with van der Waals surface area (Å²) in [7, 11) is 3.23. The number of nitrogens with zero attached hydrogens (tertiary/aromatic N) is 1. The van der Waals surface area contributed by atoms with Crippen molar-refractivity contribution in [3.8, 4) is 11.5 Å². The second-order valence-corrected chi connectivity index (χ2v) is 4.09. The predicted molar refractivity (Wildman–Crippen MR) is 73.8 cm³/mol. The van der Waals surface area contributed by atoms with Crippen LogP contribution in [0, 0.1) is 0 Å². The molecule has 0 aromatic heterocycles. The number of phenols is 1. The van der Waals surface area contributed by atoms with Gasteiger partial charge in [0.05, 0.1) is 12.8 Å². The van der Waals surface area contributed by atoms with Crippen LogP contribution < -0.4 is 9.64 Å². The Kier molecular flexibility index (Phi) is 3.71. The number of methoxy groups -OCH3 is 1. The van der Waals surface area contributed by atoms with E-state index in [2.05, 4.69) is 0 Å². The van der Waals surface area contributed by atoms with E-state index in [0.29, 0.717) is 17.0 Å². The highest BCUT2D eigenvalue weighted by atomic mass is 16.5. The van der Waals surface area contributed by atoms with Crippen molar-refractivity contribution in [3.63, 3.8) is 0 Å². The maximum absolute atomic E-state index is 12.3. The SMILES string of the molecule is COc1ccccc1N(C)C(=O)c1cccc(O)c1. The fourth-order valence-corrected chi connectivity index (χ4v) is 1.85. The molecule has 2 rings (SSSR count). The van der Waals surface area contributed by atoms with Gasteiger partial charge in [0.1, 0.15) is 11.5 Å². The molecule has 4 heteroatoms. The van der Waals surface area contributed by atoms with Gasteiger partial charge in [-0.3, -0.25) is 4.79 Å². The number of rotatable bonds is 3. The molecule has 0 aliphatic rings. The maximum atomic E-state index is 12.3. The number of carbonyl (C=O) groups is 1. The number of phenolic OH excluding ortho intramolecular Hbond substituents is 1. The Labute approximate surface area is 111 Å². The molecule has 2 aromatic rings. The monoisotopic (exact) mass is 257 g/mol. The Bertz CT molecular complexity index is 595. The van der Waals surface area contributed by atoms with Gasteiger partial charge in [0, 0.05) is 12.6 Å². The molecule has 2 aromatic carbocycles. The first-order valence-corrected chi connectivity index (χ1v) is 5.83. The van der Waals surface area contributed by atoms with E-state index < -0.39 is 0 Å². The molecule has 4 nitrogen and oxygen atoms in total. The molecule has 0 aliphatic carbocycles. The standard InChI is InChI=1S/C15H15NO3/c1-16(13-8-3-4-9-14(13)19-2)15(18)11-6-5-7-12(17)10-11/h3-10,17H,1-2H3. The average molecular weight is 257 g/mol. The van der Waals surface area contributed by atoms with Gasteiger partial charge in [-0.1, -0.05) is 18.2 Å². The van der Waals surface area contributed by atoms with Gasteiger partial charge in [0.2, 0.25) is 0 Å². The van der Waals surface area contributed by atoms with Crippen LogP contribution in [-0.2, 0) is 0 Å². The summed E-state index contributed by atoms with van der Waals surface area (Å²) in [5.74, 6) is 0.484. The minimum absolute atomic E-state index is 0.0688. The molecule has 0 radical (unpaired) electrons. The Morgan fingerprint density at radius 2 is 1.89 bits per heavy atom. The first kappa shape index (κ1) is 13.0. The lowest BCUT2D eigenvalue weighted by molar-refractivity contribution is 0.0992. The number of carbonyl (C=O) groups excluding carboxylic acids is 1. The summed E-state index contributed by atoms with van der Waals surface area (Å²) in [6.07, 6.45) is 0. The lowest BCUT2D eigenvalue weighted by Crippen LogP contribution is -2.26. The van der Waals surface area contributed by atoms with Crippen molar-refractivity contribution < 1.29 is 14.6 Å². The molecule has 0 spiro atoms. The first-order valence-electron chi connectivity index (χ1n) is 5.83. The van der Waals surface area contributed by atoms with Gasteiger partial charge in [-0.05, 0) is 30.3 Å². The van der Waals surface area contributed by atoms with E-state index in [4.69, 9.17) is 4.74 Å². The summed E-state index contributed by atoms with van der Waals surface area (Å²) >= 11 is 0. The number of benzene rings is 2. The molecule has 0 atom stereocenters. The van der Waals surface area contributed by atoms with Gasteiger partial charge in [0.15, 0.2) is 0 Å². The Morgan fingerprint density at radius 1 is 1.16 bits per heavy atom. The largest absolute Gasteiger partial charge is 0.508 e. The van der Waals surface area contributed by atoms with Crippen molar-refractivity contribution in [2.45, 2.75) is 0 Å². The van der Waals surface area contributed by atoms with Gasteiger partial charge < -0.3 is 14.7 Å². The number of hydrogen-bond donors (Lipinski definition) is 1. The molecule has 0 unspecified atom stereocenters. The van der Waals surface area contributed by atoms with E-state index in [0.717, 1.165) is 0 Å². The van der Waals surface area contributed by atoms with E-state index in [1.807, 2.05) is 12.1 Å². The number of amides is 1. The van der Waals surface area contributed by atoms with E-state index in [9.17, 15) is 9.90 Å². The highest BCUT2D eigenvalue weighted by Crippen LogP contribution is 2.28. The molecular formula is C15H15NO3. The Hall–Kier alpha value is -2.49. The first-order chi connectivity index (χ1) is 9.13. The van der Waals surface area contributed by atoms with Crippen molar-refractivity contribution in [3.05, 3.63) is 54.1 Å². The molecule has 98 valence electrons. The number of ether oxygens (including phenoxy) is 1. The molecule has 0 saturated carbocycles. The quantitative estimate of drug-likeness (QED) is 0.919. The molecule has 0 bridgehead atoms. The average Bonchev–Trinajstić information content (AvgIpc) is 2.45. The van der Waals surface area contributed by atoms with Crippen molar-refractivity contribution in [2.24, 2.45) is 0 Å². The van der Waals surface area contributed by atoms with Crippen LogP contribution in [0.15, 0.2) is 48.5 Å². The maximum Gasteiger partial charge on any atom is 0.258 e. The van der Waals surface area contributed by atoms with Crippen LogP contribution in [0.5, 0.6) is 11.5 Å². The van der Waals surface area contributed by atoms with E-state index in [-0.39, 0.29) is 11.7 Å². The normalized spacial score (nSPS) is 10.0. The number of para-hydroxylation sites is 2. The second kappa shape index (κ2) is 5.44. The van der Waals surface area contributed by atoms with Crippen molar-refractivity contribution in [1.82, 2.24) is 0 Å². The van der Waals surface area contributed by atoms with Gasteiger partial charge in [-0.15, -0.1) is 0 Å². The van der Waals surface area contributed by atoms with Gasteiger partial charge >= 0.3 is 0 Å². The van der Waals surface area contributed by atoms with Crippen LogP contribution in [0.25, 0.3) is 0 Å². The van der Waals surface area contributed by atoms with Crippen LogP contribution in [0.4, 0.5) is 5.69 Å². The highest BCUT2D eigenvalue weighted by Gasteiger charge is 2.16. The van der Waals surface area contributed by atoms with Crippen LogP contribution in [-0.4, -0.2) is 25.2 Å². The third kappa shape index (κ3) is 2.68. The summed E-state index contributed by atoms with van der Waals surface area (Å²) in [6, 6.07) is 13.5. The fraction of sp³-hybridized carbons (Fsp3) is 0.133. The summed E-state index contributed by atoms with van der Waals surface area (Å²) in [6.45, 7) is 0. The number of anilines is 1. The van der Waals surface area contributed by atoms with E-state index in [1.54, 1.807) is 38.4 Å². The third-order valence-corrected chi connectivity index (χ3v) is 2.84. The third-order valence-electron chi connectivity index (χ3n) is 2.84. The van der Waals surface area contributed by atoms with Gasteiger partial charge in [0.25, 0.3) is 5.91 Å². The van der Waals surface area contributed by atoms with Crippen molar-refractivity contribution in [1.29, 1.82) is 0 Å². The highest BCUT2D eigenvalue weighted by molar-refractivity contribution is 6.06. The van der Waals surface area contributed by atoms with Crippen LogP contribution in [0.3, 0.4) is 0 Å². The molecule has 1 N–H and O–H groups in total. The molecule has 1 amide bonds. The van der Waals surface area contributed by atoms with Crippen LogP contribution in [0.1, 0.15) is 10.4 Å². The van der Waals surface area contributed by atoms with E-state index in [1.165, 1.54) is 17.0 Å². The molecular weight excluding hydrogens is 242 g/mol. The number of hydrogen-bond acceptors (Lipinski definition) is 3. The molecule has 19 heavy (non-hydrogen) atoms. The van der Waals surface area contributed by atoms with E-state index >= 15 is 0 Å². The minimum Gasteiger partial charge on any atom is -0.508 e. The fourth-order valence-electron chi connectivity index (χ4n) is 1.85. The Morgan fingerprint density at radius 3 is 2.58 bits per heavy atom.